The Bertz CT molecular complexity index is 1340. The van der Waals surface area contributed by atoms with Gasteiger partial charge in [-0.05, 0) is 46.0 Å². The van der Waals surface area contributed by atoms with E-state index in [1.807, 2.05) is 55.5 Å². The van der Waals surface area contributed by atoms with Crippen LogP contribution in [0.4, 0.5) is 4.79 Å². The molecule has 196 valence electrons. The number of urea groups is 1. The number of carboxylic acid groups (broad SMARTS) is 1. The molecule has 4 aromatic rings. The molecule has 1 heterocycles. The monoisotopic (exact) mass is 514 g/mol. The van der Waals surface area contributed by atoms with Gasteiger partial charge < -0.3 is 20.4 Å². The number of carbonyl (C=O) groups is 2. The fourth-order valence-corrected chi connectivity index (χ4v) is 4.13. The molecule has 2 amide bonds. The molecule has 0 fully saturated rings. The minimum absolute atomic E-state index is 0.0970. The fourth-order valence-electron chi connectivity index (χ4n) is 4.13. The molecule has 0 radical (unpaired) electrons. The molecule has 0 aliphatic rings. The summed E-state index contributed by atoms with van der Waals surface area (Å²) in [6.45, 7) is 2.87. The highest BCUT2D eigenvalue weighted by molar-refractivity contribution is 5.83. The molecular weight excluding hydrogens is 484 g/mol. The molecular formula is C28H30N6O4. The molecule has 0 saturated carbocycles. The van der Waals surface area contributed by atoms with E-state index in [1.54, 1.807) is 17.0 Å². The highest BCUT2D eigenvalue weighted by Gasteiger charge is 2.24. The average molecular weight is 515 g/mol. The van der Waals surface area contributed by atoms with Crippen molar-refractivity contribution in [2.45, 2.75) is 38.8 Å². The molecule has 0 aliphatic heterocycles. The first-order valence-corrected chi connectivity index (χ1v) is 12.4. The van der Waals surface area contributed by atoms with Crippen molar-refractivity contribution < 1.29 is 19.8 Å². The number of aromatic hydroxyl groups is 1. The number of tetrazole rings is 1. The van der Waals surface area contributed by atoms with Crippen LogP contribution in [0.2, 0.25) is 0 Å². The van der Waals surface area contributed by atoms with E-state index in [0.717, 1.165) is 35.1 Å². The molecule has 10 heteroatoms. The molecule has 38 heavy (non-hydrogen) atoms. The summed E-state index contributed by atoms with van der Waals surface area (Å²) in [5.74, 6) is -0.515. The van der Waals surface area contributed by atoms with Crippen LogP contribution >= 0.6 is 0 Å². The lowest BCUT2D eigenvalue weighted by Crippen LogP contribution is -2.48. The first-order chi connectivity index (χ1) is 18.4. The second-order valence-corrected chi connectivity index (χ2v) is 8.96. The van der Waals surface area contributed by atoms with Crippen molar-refractivity contribution in [3.8, 4) is 28.3 Å². The number of amides is 2. The summed E-state index contributed by atoms with van der Waals surface area (Å²) in [4.78, 5) is 26.7. The SMILES string of the molecule is CCCCN(Cc1ccc(-c2ccccc2-c2nn[nH]n2)cc1)C(=O)NC(Cc1ccc(O)cc1)C(=O)O. The third kappa shape index (κ3) is 6.73. The third-order valence-electron chi connectivity index (χ3n) is 6.19. The van der Waals surface area contributed by atoms with Crippen LogP contribution in [0.25, 0.3) is 22.5 Å². The van der Waals surface area contributed by atoms with Gasteiger partial charge in [0.25, 0.3) is 0 Å². The molecule has 0 bridgehead atoms. The zero-order valence-corrected chi connectivity index (χ0v) is 21.0. The van der Waals surface area contributed by atoms with Gasteiger partial charge in [-0.25, -0.2) is 9.59 Å². The molecule has 0 spiro atoms. The first kappa shape index (κ1) is 26.3. The number of phenols is 1. The fraction of sp³-hybridized carbons (Fsp3) is 0.250. The van der Waals surface area contributed by atoms with Crippen molar-refractivity contribution in [2.75, 3.05) is 6.54 Å². The smallest absolute Gasteiger partial charge is 0.326 e. The van der Waals surface area contributed by atoms with Crippen LogP contribution in [0.1, 0.15) is 30.9 Å². The quantitative estimate of drug-likeness (QED) is 0.234. The highest BCUT2D eigenvalue weighted by Crippen LogP contribution is 2.29. The number of aromatic nitrogens is 4. The Hall–Kier alpha value is -4.73. The number of phenolic OH excluding ortho intramolecular Hbond substituents is 1. The van der Waals surface area contributed by atoms with E-state index in [1.165, 1.54) is 12.1 Å². The number of hydrogen-bond donors (Lipinski definition) is 4. The molecule has 0 aliphatic carbocycles. The van der Waals surface area contributed by atoms with Crippen LogP contribution in [0, 0.1) is 0 Å². The van der Waals surface area contributed by atoms with Crippen molar-refractivity contribution in [2.24, 2.45) is 0 Å². The van der Waals surface area contributed by atoms with Gasteiger partial charge in [0, 0.05) is 25.1 Å². The summed E-state index contributed by atoms with van der Waals surface area (Å²) >= 11 is 0. The number of H-pyrrole nitrogens is 1. The lowest BCUT2D eigenvalue weighted by atomic mass is 9.98. The summed E-state index contributed by atoms with van der Waals surface area (Å²) in [6, 6.07) is 20.4. The molecule has 10 nitrogen and oxygen atoms in total. The topological polar surface area (TPSA) is 144 Å². The van der Waals surface area contributed by atoms with Gasteiger partial charge in [0.05, 0.1) is 0 Å². The first-order valence-electron chi connectivity index (χ1n) is 12.4. The van der Waals surface area contributed by atoms with E-state index in [9.17, 15) is 19.8 Å². The minimum atomic E-state index is -1.12. The number of aliphatic carboxylic acids is 1. The zero-order valence-electron chi connectivity index (χ0n) is 21.0. The summed E-state index contributed by atoms with van der Waals surface area (Å²) in [6.07, 6.45) is 1.79. The van der Waals surface area contributed by atoms with Crippen molar-refractivity contribution >= 4 is 12.0 Å². The van der Waals surface area contributed by atoms with Gasteiger partial charge in [0.15, 0.2) is 0 Å². The van der Waals surface area contributed by atoms with Crippen LogP contribution < -0.4 is 5.32 Å². The Morgan fingerprint density at radius 3 is 2.29 bits per heavy atom. The normalized spacial score (nSPS) is 11.6. The lowest BCUT2D eigenvalue weighted by molar-refractivity contribution is -0.139. The Labute approximate surface area is 220 Å². The van der Waals surface area contributed by atoms with Crippen molar-refractivity contribution in [1.29, 1.82) is 0 Å². The molecule has 1 unspecified atom stereocenters. The van der Waals surface area contributed by atoms with Gasteiger partial charge in [-0.3, -0.25) is 0 Å². The minimum Gasteiger partial charge on any atom is -0.508 e. The predicted molar refractivity (Wildman–Crippen MR) is 142 cm³/mol. The molecule has 4 rings (SSSR count). The number of nitrogens with one attached hydrogen (secondary N) is 2. The second kappa shape index (κ2) is 12.5. The number of benzene rings is 3. The Kier molecular flexibility index (Phi) is 8.65. The van der Waals surface area contributed by atoms with Crippen molar-refractivity contribution in [1.82, 2.24) is 30.8 Å². The van der Waals surface area contributed by atoms with Crippen LogP contribution in [0.15, 0.2) is 72.8 Å². The highest BCUT2D eigenvalue weighted by atomic mass is 16.4. The molecule has 3 aromatic carbocycles. The maximum absolute atomic E-state index is 13.2. The van der Waals surface area contributed by atoms with Crippen LogP contribution in [-0.4, -0.2) is 60.3 Å². The maximum Gasteiger partial charge on any atom is 0.326 e. The van der Waals surface area contributed by atoms with Crippen LogP contribution in [0.5, 0.6) is 5.75 Å². The summed E-state index contributed by atoms with van der Waals surface area (Å²) in [5.41, 5.74) is 4.40. The van der Waals surface area contributed by atoms with E-state index in [0.29, 0.717) is 24.5 Å². The predicted octanol–water partition coefficient (Wildman–Crippen LogP) is 4.25. The number of nitrogens with zero attached hydrogens (tertiary/aromatic N) is 4. The number of carboxylic acids is 1. The molecule has 4 N–H and O–H groups in total. The number of rotatable bonds is 11. The molecule has 0 saturated heterocycles. The largest absolute Gasteiger partial charge is 0.508 e. The van der Waals surface area contributed by atoms with Gasteiger partial charge in [0.1, 0.15) is 11.8 Å². The number of hydrogen-bond acceptors (Lipinski definition) is 6. The van der Waals surface area contributed by atoms with Crippen LogP contribution in [0.3, 0.4) is 0 Å². The lowest BCUT2D eigenvalue weighted by Gasteiger charge is -2.25. The third-order valence-corrected chi connectivity index (χ3v) is 6.19. The van der Waals surface area contributed by atoms with E-state index < -0.39 is 18.0 Å². The van der Waals surface area contributed by atoms with E-state index in [4.69, 9.17) is 0 Å². The number of unbranched alkanes of at least 4 members (excludes halogenated alkanes) is 1. The molecule has 1 atom stereocenters. The Balaban J connectivity index is 1.48. The standard InChI is InChI=1S/C28H30N6O4/c1-2-3-16-34(28(38)29-25(27(36)37)17-19-10-14-22(35)15-11-19)18-20-8-12-21(13-9-20)23-6-4-5-7-24(23)26-30-32-33-31-26/h4-15,25,35H,2-3,16-18H2,1H3,(H,29,38)(H,36,37)(H,30,31,32,33). The molecule has 1 aromatic heterocycles. The Morgan fingerprint density at radius 2 is 1.66 bits per heavy atom. The Morgan fingerprint density at radius 1 is 0.974 bits per heavy atom. The van der Waals surface area contributed by atoms with E-state index >= 15 is 0 Å². The average Bonchev–Trinajstić information content (AvgIpc) is 3.47. The van der Waals surface area contributed by atoms with Gasteiger partial charge in [-0.15, -0.1) is 10.2 Å². The van der Waals surface area contributed by atoms with Crippen LogP contribution in [-0.2, 0) is 17.8 Å². The second-order valence-electron chi connectivity index (χ2n) is 8.96. The van der Waals surface area contributed by atoms with E-state index in [-0.39, 0.29) is 12.2 Å². The van der Waals surface area contributed by atoms with Gasteiger partial charge in [-0.1, -0.05) is 74.0 Å². The van der Waals surface area contributed by atoms with Gasteiger partial charge in [-0.2, -0.15) is 5.21 Å². The number of aromatic amines is 1. The number of carbonyl (C=O) groups excluding carboxylic acids is 1. The van der Waals surface area contributed by atoms with Crippen molar-refractivity contribution in [3.05, 3.63) is 83.9 Å². The summed E-state index contributed by atoms with van der Waals surface area (Å²) < 4.78 is 0. The zero-order chi connectivity index (χ0) is 26.9. The van der Waals surface area contributed by atoms with Gasteiger partial charge in [0.2, 0.25) is 5.82 Å². The summed E-state index contributed by atoms with van der Waals surface area (Å²) in [7, 11) is 0. The van der Waals surface area contributed by atoms with Gasteiger partial charge >= 0.3 is 12.0 Å². The van der Waals surface area contributed by atoms with Crippen molar-refractivity contribution in [3.63, 3.8) is 0 Å². The summed E-state index contributed by atoms with van der Waals surface area (Å²) in [5, 5.41) is 36.2. The maximum atomic E-state index is 13.2. The van der Waals surface area contributed by atoms with E-state index in [2.05, 4.69) is 25.9 Å².